The molecule has 0 fully saturated rings. The van der Waals surface area contributed by atoms with Crippen LogP contribution in [-0.2, 0) is 13.8 Å². The second kappa shape index (κ2) is 3.03. The van der Waals surface area contributed by atoms with Gasteiger partial charge < -0.3 is 5.11 Å². The number of carbonyl (C=O) groups is 1. The van der Waals surface area contributed by atoms with Crippen LogP contribution < -0.4 is 0 Å². The first kappa shape index (κ1) is 9.45. The Hall–Kier alpha value is -0.550. The first-order chi connectivity index (χ1) is 4.39. The highest BCUT2D eigenvalue weighted by Crippen LogP contribution is 2.07. The fraction of sp³-hybridized carbons (Fsp3) is 0.250. The van der Waals surface area contributed by atoms with Crippen molar-refractivity contribution >= 4 is 25.7 Å². The third kappa shape index (κ3) is 2.36. The molecule has 0 spiro atoms. The average Bonchev–Trinajstić information content (AvgIpc) is 1.60. The summed E-state index contributed by atoms with van der Waals surface area (Å²) < 4.78 is 20.6. The van der Waals surface area contributed by atoms with E-state index in [0.717, 1.165) is 6.08 Å². The van der Waals surface area contributed by atoms with Crippen LogP contribution in [0.4, 0.5) is 0 Å². The third-order valence-corrected chi connectivity index (χ3v) is 2.34. The molecule has 1 unspecified atom stereocenters. The molecule has 0 bridgehead atoms. The van der Waals surface area contributed by atoms with Crippen molar-refractivity contribution in [3.8, 4) is 0 Å². The van der Waals surface area contributed by atoms with Crippen molar-refractivity contribution in [2.24, 2.45) is 0 Å². The van der Waals surface area contributed by atoms with Crippen LogP contribution in [0.5, 0.6) is 0 Å². The number of hydrogen-bond acceptors (Lipinski definition) is 3. The van der Waals surface area contributed by atoms with Gasteiger partial charge in [0.25, 0.3) is 0 Å². The summed E-state index contributed by atoms with van der Waals surface area (Å²) in [6.07, 6.45) is 0.755. The highest BCUT2D eigenvalue weighted by molar-refractivity contribution is 8.14. The van der Waals surface area contributed by atoms with Gasteiger partial charge in [0.2, 0.25) is 9.05 Å². The van der Waals surface area contributed by atoms with Crippen LogP contribution in [0.15, 0.2) is 12.7 Å². The van der Waals surface area contributed by atoms with E-state index in [-0.39, 0.29) is 0 Å². The van der Waals surface area contributed by atoms with Crippen LogP contribution in [0.1, 0.15) is 0 Å². The first-order valence-electron chi connectivity index (χ1n) is 2.18. The van der Waals surface area contributed by atoms with E-state index >= 15 is 0 Å². The molecule has 0 radical (unpaired) electrons. The Labute approximate surface area is 62.5 Å². The van der Waals surface area contributed by atoms with E-state index in [1.807, 2.05) is 0 Å². The Morgan fingerprint density at radius 3 is 2.10 bits per heavy atom. The molecule has 1 atom stereocenters. The zero-order chi connectivity index (χ0) is 8.36. The molecule has 0 amide bonds. The smallest absolute Gasteiger partial charge is 0.327 e. The summed E-state index contributed by atoms with van der Waals surface area (Å²) in [6, 6.07) is 0. The van der Waals surface area contributed by atoms with Gasteiger partial charge in [-0.05, 0) is 0 Å². The van der Waals surface area contributed by atoms with Gasteiger partial charge in [-0.15, -0.1) is 6.58 Å². The summed E-state index contributed by atoms with van der Waals surface area (Å²) in [6.45, 7) is 3.00. The fourth-order valence-corrected chi connectivity index (χ4v) is 1.25. The SMILES string of the molecule is C=CC(C(=O)O)S(=O)(=O)Cl. The minimum Gasteiger partial charge on any atom is -0.480 e. The molecular weight excluding hydrogens is 180 g/mol. The molecule has 0 aromatic heterocycles. The molecular formula is C4H5ClO4S. The Morgan fingerprint density at radius 2 is 2.10 bits per heavy atom. The van der Waals surface area contributed by atoms with Crippen LogP contribution in [0.25, 0.3) is 0 Å². The normalized spacial score (nSPS) is 14.1. The molecule has 6 heteroatoms. The van der Waals surface area contributed by atoms with Crippen molar-refractivity contribution in [3.63, 3.8) is 0 Å². The predicted octanol–water partition coefficient (Wildman–Crippen LogP) is 0.194. The Balaban J connectivity index is 4.72. The minimum atomic E-state index is -4.06. The maximum absolute atomic E-state index is 10.3. The molecule has 4 nitrogen and oxygen atoms in total. The molecule has 0 aliphatic heterocycles. The largest absolute Gasteiger partial charge is 0.480 e. The number of rotatable bonds is 3. The highest BCUT2D eigenvalue weighted by Gasteiger charge is 2.26. The van der Waals surface area contributed by atoms with Gasteiger partial charge >= 0.3 is 5.97 Å². The maximum Gasteiger partial charge on any atom is 0.327 e. The van der Waals surface area contributed by atoms with E-state index in [0.29, 0.717) is 0 Å². The molecule has 0 heterocycles. The van der Waals surface area contributed by atoms with E-state index in [4.69, 9.17) is 15.8 Å². The van der Waals surface area contributed by atoms with Crippen molar-refractivity contribution in [3.05, 3.63) is 12.7 Å². The van der Waals surface area contributed by atoms with Gasteiger partial charge in [-0.1, -0.05) is 6.08 Å². The van der Waals surface area contributed by atoms with Gasteiger partial charge in [-0.3, -0.25) is 4.79 Å². The van der Waals surface area contributed by atoms with Crippen molar-refractivity contribution in [2.75, 3.05) is 0 Å². The maximum atomic E-state index is 10.3. The minimum absolute atomic E-state index is 0.755. The molecule has 0 rings (SSSR count). The van der Waals surface area contributed by atoms with E-state index in [9.17, 15) is 13.2 Å². The number of carboxylic acids is 1. The van der Waals surface area contributed by atoms with Crippen LogP contribution >= 0.6 is 10.7 Å². The van der Waals surface area contributed by atoms with Crippen LogP contribution in [0.2, 0.25) is 0 Å². The lowest BCUT2D eigenvalue weighted by Crippen LogP contribution is -2.23. The standard InChI is InChI=1S/C4H5ClO4S/c1-2-3(4(6)7)10(5,8)9/h2-3H,1H2,(H,6,7). The van der Waals surface area contributed by atoms with Crippen LogP contribution in [0, 0.1) is 0 Å². The predicted molar refractivity (Wildman–Crippen MR) is 36.4 cm³/mol. The van der Waals surface area contributed by atoms with Crippen LogP contribution in [-0.4, -0.2) is 24.7 Å². The molecule has 1 N–H and O–H groups in total. The lowest BCUT2D eigenvalue weighted by atomic mass is 10.4. The Morgan fingerprint density at radius 1 is 1.70 bits per heavy atom. The van der Waals surface area contributed by atoms with Gasteiger partial charge in [0.05, 0.1) is 0 Å². The lowest BCUT2D eigenvalue weighted by molar-refractivity contribution is -0.135. The molecule has 0 aliphatic rings. The molecule has 0 aromatic carbocycles. The molecule has 0 saturated heterocycles. The summed E-state index contributed by atoms with van der Waals surface area (Å²) in [7, 11) is 0.655. The number of hydrogen-bond donors (Lipinski definition) is 1. The van der Waals surface area contributed by atoms with Gasteiger partial charge in [0.1, 0.15) is 0 Å². The van der Waals surface area contributed by atoms with Crippen molar-refractivity contribution in [1.82, 2.24) is 0 Å². The molecule has 0 aromatic rings. The number of carboxylic acid groups (broad SMARTS) is 1. The van der Waals surface area contributed by atoms with E-state index in [2.05, 4.69) is 6.58 Å². The van der Waals surface area contributed by atoms with Crippen molar-refractivity contribution in [2.45, 2.75) is 5.25 Å². The Kier molecular flexibility index (Phi) is 2.86. The van der Waals surface area contributed by atoms with Crippen molar-refractivity contribution in [1.29, 1.82) is 0 Å². The zero-order valence-corrected chi connectivity index (χ0v) is 6.39. The van der Waals surface area contributed by atoms with E-state index in [1.165, 1.54) is 0 Å². The van der Waals surface area contributed by atoms with Gasteiger partial charge in [-0.25, -0.2) is 8.42 Å². The zero-order valence-electron chi connectivity index (χ0n) is 4.82. The van der Waals surface area contributed by atoms with Gasteiger partial charge in [0, 0.05) is 10.7 Å². The number of halogens is 1. The molecule has 0 aliphatic carbocycles. The highest BCUT2D eigenvalue weighted by atomic mass is 35.7. The van der Waals surface area contributed by atoms with Gasteiger partial charge in [0.15, 0.2) is 5.25 Å². The van der Waals surface area contributed by atoms with Crippen LogP contribution in [0.3, 0.4) is 0 Å². The van der Waals surface area contributed by atoms with Crippen molar-refractivity contribution < 1.29 is 18.3 Å². The third-order valence-electron chi connectivity index (χ3n) is 0.761. The lowest BCUT2D eigenvalue weighted by Gasteiger charge is -1.99. The molecule has 0 saturated carbocycles. The van der Waals surface area contributed by atoms with E-state index < -0.39 is 20.3 Å². The summed E-state index contributed by atoms with van der Waals surface area (Å²) in [5, 5.41) is 6.46. The summed E-state index contributed by atoms with van der Waals surface area (Å²) in [4.78, 5) is 10.0. The monoisotopic (exact) mass is 184 g/mol. The molecule has 58 valence electrons. The second-order valence-corrected chi connectivity index (χ2v) is 4.22. The molecule has 10 heavy (non-hydrogen) atoms. The van der Waals surface area contributed by atoms with E-state index in [1.54, 1.807) is 0 Å². The Bertz CT molecular complexity index is 242. The fourth-order valence-electron chi connectivity index (χ4n) is 0.336. The van der Waals surface area contributed by atoms with Gasteiger partial charge in [-0.2, -0.15) is 0 Å². The summed E-state index contributed by atoms with van der Waals surface area (Å²) in [5.41, 5.74) is 0. The summed E-state index contributed by atoms with van der Waals surface area (Å²) >= 11 is 0. The topological polar surface area (TPSA) is 71.4 Å². The average molecular weight is 185 g/mol. The quantitative estimate of drug-likeness (QED) is 0.502. The summed E-state index contributed by atoms with van der Waals surface area (Å²) in [5.74, 6) is -1.52. The number of aliphatic carboxylic acids is 1. The second-order valence-electron chi connectivity index (χ2n) is 1.47. The first-order valence-corrected chi connectivity index (χ1v) is 4.55.